The summed E-state index contributed by atoms with van der Waals surface area (Å²) in [5, 5.41) is 8.78. The van der Waals surface area contributed by atoms with Gasteiger partial charge in [-0.2, -0.15) is 0 Å². The zero-order chi connectivity index (χ0) is 9.40. The van der Waals surface area contributed by atoms with Crippen molar-refractivity contribution in [1.29, 1.82) is 0 Å². The third kappa shape index (κ3) is 5.13. The van der Waals surface area contributed by atoms with Crippen LogP contribution in [0.4, 0.5) is 0 Å². The highest BCUT2D eigenvalue weighted by Crippen LogP contribution is 2.02. The molecule has 0 bridgehead atoms. The Bertz CT molecular complexity index is 119. The van der Waals surface area contributed by atoms with Gasteiger partial charge in [-0.15, -0.1) is 0 Å². The predicted molar refractivity (Wildman–Crippen MR) is 46.7 cm³/mol. The number of carbonyl (C=O) groups excluding carboxylic acids is 1. The quantitative estimate of drug-likeness (QED) is 0.618. The summed E-state index contributed by atoms with van der Waals surface area (Å²) < 4.78 is 4.93. The van der Waals surface area contributed by atoms with E-state index in [1.807, 2.05) is 13.8 Å². The number of hydrogen-bond acceptors (Lipinski definition) is 3. The van der Waals surface area contributed by atoms with Crippen LogP contribution in [-0.4, -0.2) is 24.3 Å². The molecule has 0 saturated carbocycles. The maximum atomic E-state index is 10.9. The van der Waals surface area contributed by atoms with Crippen LogP contribution in [0.1, 0.15) is 33.1 Å². The zero-order valence-corrected chi connectivity index (χ0v) is 7.88. The van der Waals surface area contributed by atoms with Gasteiger partial charge < -0.3 is 9.84 Å². The summed E-state index contributed by atoms with van der Waals surface area (Å²) in [5.74, 6) is -0.0600. The average molecular weight is 174 g/mol. The minimum Gasteiger partial charge on any atom is -0.465 e. The van der Waals surface area contributed by atoms with Crippen LogP contribution < -0.4 is 0 Å². The molecule has 0 aliphatic carbocycles. The molecule has 0 fully saturated rings. The molecule has 0 aromatic rings. The third-order valence-electron chi connectivity index (χ3n) is 1.77. The van der Waals surface area contributed by atoms with Crippen LogP contribution in [0, 0.1) is 5.92 Å². The highest BCUT2D eigenvalue weighted by Gasteiger charge is 2.07. The monoisotopic (exact) mass is 174 g/mol. The molecule has 3 heteroatoms. The van der Waals surface area contributed by atoms with Gasteiger partial charge in [-0.3, -0.25) is 4.79 Å². The number of esters is 1. The first-order valence-electron chi connectivity index (χ1n) is 4.51. The Morgan fingerprint density at radius 1 is 1.50 bits per heavy atom. The summed E-state index contributed by atoms with van der Waals surface area (Å²) in [6, 6.07) is 0. The Morgan fingerprint density at radius 2 is 2.17 bits per heavy atom. The minimum atomic E-state index is -0.163. The summed E-state index contributed by atoms with van der Waals surface area (Å²) in [6.45, 7) is 4.35. The van der Waals surface area contributed by atoms with Crippen LogP contribution >= 0.6 is 0 Å². The smallest absolute Gasteiger partial charge is 0.305 e. The molecule has 0 amide bonds. The Kier molecular flexibility index (Phi) is 6.76. The van der Waals surface area contributed by atoms with Crippen molar-refractivity contribution in [3.8, 4) is 0 Å². The molecule has 0 aromatic carbocycles. The summed E-state index contributed by atoms with van der Waals surface area (Å²) >= 11 is 0. The van der Waals surface area contributed by atoms with Gasteiger partial charge >= 0.3 is 5.97 Å². The summed E-state index contributed by atoms with van der Waals surface area (Å²) in [7, 11) is 0. The minimum absolute atomic E-state index is 0.0932. The maximum absolute atomic E-state index is 10.9. The van der Waals surface area contributed by atoms with Crippen molar-refractivity contribution in [2.75, 3.05) is 13.2 Å². The molecule has 1 N–H and O–H groups in total. The van der Waals surface area contributed by atoms with Crippen molar-refractivity contribution in [2.45, 2.75) is 33.1 Å². The summed E-state index contributed by atoms with van der Waals surface area (Å²) in [6.07, 6.45) is 2.13. The average Bonchev–Trinajstić information content (AvgIpc) is 2.07. The maximum Gasteiger partial charge on any atom is 0.305 e. The normalized spacial score (nSPS) is 12.6. The fourth-order valence-electron chi connectivity index (χ4n) is 0.787. The Morgan fingerprint density at radius 3 is 2.58 bits per heavy atom. The zero-order valence-electron chi connectivity index (χ0n) is 7.88. The molecule has 12 heavy (non-hydrogen) atoms. The van der Waals surface area contributed by atoms with Crippen LogP contribution in [0.5, 0.6) is 0 Å². The van der Waals surface area contributed by atoms with Crippen molar-refractivity contribution in [1.82, 2.24) is 0 Å². The Hall–Kier alpha value is -0.570. The van der Waals surface area contributed by atoms with Crippen LogP contribution in [0.15, 0.2) is 0 Å². The molecular formula is C9H18O3. The van der Waals surface area contributed by atoms with Crippen molar-refractivity contribution in [2.24, 2.45) is 5.92 Å². The van der Waals surface area contributed by atoms with Gasteiger partial charge in [0.15, 0.2) is 0 Å². The van der Waals surface area contributed by atoms with Gasteiger partial charge in [-0.05, 0) is 12.8 Å². The third-order valence-corrected chi connectivity index (χ3v) is 1.77. The first kappa shape index (κ1) is 11.4. The SMILES string of the molecule is CCCC(=O)OCC(CC)CO. The second-order valence-electron chi connectivity index (χ2n) is 2.89. The van der Waals surface area contributed by atoms with E-state index in [1.54, 1.807) is 0 Å². The molecule has 0 spiro atoms. The van der Waals surface area contributed by atoms with E-state index in [0.717, 1.165) is 12.8 Å². The van der Waals surface area contributed by atoms with Gasteiger partial charge in [0.25, 0.3) is 0 Å². The molecular weight excluding hydrogens is 156 g/mol. The molecule has 1 atom stereocenters. The number of rotatable bonds is 6. The van der Waals surface area contributed by atoms with Crippen molar-refractivity contribution < 1.29 is 14.6 Å². The van der Waals surface area contributed by atoms with E-state index in [2.05, 4.69) is 0 Å². The van der Waals surface area contributed by atoms with Gasteiger partial charge in [0.1, 0.15) is 0 Å². The number of carbonyl (C=O) groups is 1. The molecule has 3 nitrogen and oxygen atoms in total. The molecule has 0 rings (SSSR count). The van der Waals surface area contributed by atoms with E-state index in [4.69, 9.17) is 9.84 Å². The molecule has 72 valence electrons. The van der Waals surface area contributed by atoms with Gasteiger partial charge in [-0.1, -0.05) is 13.8 Å². The fourth-order valence-corrected chi connectivity index (χ4v) is 0.787. The second-order valence-corrected chi connectivity index (χ2v) is 2.89. The molecule has 0 heterocycles. The molecule has 1 unspecified atom stereocenters. The van der Waals surface area contributed by atoms with Gasteiger partial charge in [-0.25, -0.2) is 0 Å². The molecule has 0 radical (unpaired) electrons. The predicted octanol–water partition coefficient (Wildman–Crippen LogP) is 1.35. The number of aliphatic hydroxyl groups is 1. The van der Waals surface area contributed by atoms with Crippen molar-refractivity contribution in [3.63, 3.8) is 0 Å². The van der Waals surface area contributed by atoms with E-state index < -0.39 is 0 Å². The van der Waals surface area contributed by atoms with Crippen LogP contribution in [0.2, 0.25) is 0 Å². The fraction of sp³-hybridized carbons (Fsp3) is 0.889. The number of hydrogen-bond donors (Lipinski definition) is 1. The lowest BCUT2D eigenvalue weighted by Crippen LogP contribution is -2.16. The summed E-state index contributed by atoms with van der Waals surface area (Å²) in [4.78, 5) is 10.9. The molecule has 0 aliphatic rings. The topological polar surface area (TPSA) is 46.5 Å². The van der Waals surface area contributed by atoms with E-state index >= 15 is 0 Å². The molecule has 0 aliphatic heterocycles. The highest BCUT2D eigenvalue weighted by molar-refractivity contribution is 5.69. The largest absolute Gasteiger partial charge is 0.465 e. The number of ether oxygens (including phenoxy) is 1. The van der Waals surface area contributed by atoms with Gasteiger partial charge in [0.2, 0.25) is 0 Å². The standard InChI is InChI=1S/C9H18O3/c1-3-5-9(11)12-7-8(4-2)6-10/h8,10H,3-7H2,1-2H3. The van der Waals surface area contributed by atoms with Gasteiger partial charge in [0.05, 0.1) is 6.61 Å². The number of aliphatic hydroxyl groups excluding tert-OH is 1. The first-order valence-corrected chi connectivity index (χ1v) is 4.51. The Balaban J connectivity index is 3.44. The lowest BCUT2D eigenvalue weighted by molar-refractivity contribution is -0.145. The van der Waals surface area contributed by atoms with Crippen LogP contribution in [0.3, 0.4) is 0 Å². The lowest BCUT2D eigenvalue weighted by Gasteiger charge is -2.11. The van der Waals surface area contributed by atoms with Gasteiger partial charge in [0, 0.05) is 18.9 Å². The lowest BCUT2D eigenvalue weighted by atomic mass is 10.1. The van der Waals surface area contributed by atoms with E-state index in [0.29, 0.717) is 13.0 Å². The van der Waals surface area contributed by atoms with Crippen LogP contribution in [-0.2, 0) is 9.53 Å². The Labute approximate surface area is 73.7 Å². The van der Waals surface area contributed by atoms with E-state index in [1.165, 1.54) is 0 Å². The van der Waals surface area contributed by atoms with Crippen molar-refractivity contribution >= 4 is 5.97 Å². The van der Waals surface area contributed by atoms with E-state index in [9.17, 15) is 4.79 Å². The van der Waals surface area contributed by atoms with Crippen LogP contribution in [0.25, 0.3) is 0 Å². The first-order chi connectivity index (χ1) is 5.74. The molecule has 0 aromatic heterocycles. The van der Waals surface area contributed by atoms with Crippen molar-refractivity contribution in [3.05, 3.63) is 0 Å². The van der Waals surface area contributed by atoms with E-state index in [-0.39, 0.29) is 18.5 Å². The molecule has 0 saturated heterocycles. The summed E-state index contributed by atoms with van der Waals surface area (Å²) in [5.41, 5.74) is 0. The highest BCUT2D eigenvalue weighted by atomic mass is 16.5. The second kappa shape index (κ2) is 7.10.